The molecule has 0 saturated carbocycles. The van der Waals surface area contributed by atoms with Crippen LogP contribution in [0.4, 0.5) is 14.5 Å². The second-order valence-electron chi connectivity index (χ2n) is 5.05. The number of alkyl halides is 2. The summed E-state index contributed by atoms with van der Waals surface area (Å²) in [5.41, 5.74) is 8.17. The highest BCUT2D eigenvalue weighted by atomic mass is 19.3. The molecule has 0 aromatic heterocycles. The van der Waals surface area contributed by atoms with Crippen molar-refractivity contribution in [2.45, 2.75) is 20.1 Å². The Balaban J connectivity index is 2.13. The Morgan fingerprint density at radius 1 is 1.25 bits per heavy atom. The molecule has 0 saturated heterocycles. The molecule has 0 spiro atoms. The van der Waals surface area contributed by atoms with E-state index in [0.717, 1.165) is 11.3 Å². The number of halogens is 2. The standard InChI is InChI=1S/C17H19F2N3O2/c1-11-4-3-5-13(8-11)22-17(20)21-10-12-9-14(23-2)6-7-15(12)24-16(18)19/h3-9,16H,10H2,1-2H3,(H3,20,21,22). The van der Waals surface area contributed by atoms with Crippen molar-refractivity contribution >= 4 is 11.6 Å². The largest absolute Gasteiger partial charge is 0.497 e. The van der Waals surface area contributed by atoms with Crippen molar-refractivity contribution in [3.05, 3.63) is 53.6 Å². The summed E-state index contributed by atoms with van der Waals surface area (Å²) < 4.78 is 34.5. The molecule has 2 rings (SSSR count). The zero-order chi connectivity index (χ0) is 17.5. The summed E-state index contributed by atoms with van der Waals surface area (Å²) in [6, 6.07) is 12.2. The summed E-state index contributed by atoms with van der Waals surface area (Å²) in [5, 5.41) is 2.95. The van der Waals surface area contributed by atoms with Crippen LogP contribution in [0.25, 0.3) is 0 Å². The number of nitrogens with one attached hydrogen (secondary N) is 1. The van der Waals surface area contributed by atoms with Gasteiger partial charge >= 0.3 is 6.61 Å². The number of benzene rings is 2. The molecule has 0 unspecified atom stereocenters. The molecule has 0 aliphatic heterocycles. The Kier molecular flexibility index (Phi) is 5.95. The van der Waals surface area contributed by atoms with Crippen molar-refractivity contribution in [1.29, 1.82) is 0 Å². The lowest BCUT2D eigenvalue weighted by Gasteiger charge is -2.11. The van der Waals surface area contributed by atoms with Crippen molar-refractivity contribution in [1.82, 2.24) is 0 Å². The number of guanidine groups is 1. The minimum Gasteiger partial charge on any atom is -0.497 e. The van der Waals surface area contributed by atoms with Gasteiger partial charge in [0.05, 0.1) is 13.7 Å². The highest BCUT2D eigenvalue weighted by molar-refractivity contribution is 5.92. The Morgan fingerprint density at radius 2 is 2.04 bits per heavy atom. The minimum atomic E-state index is -2.91. The topological polar surface area (TPSA) is 68.9 Å². The first-order chi connectivity index (χ1) is 11.5. The van der Waals surface area contributed by atoms with Crippen molar-refractivity contribution in [3.8, 4) is 11.5 Å². The summed E-state index contributed by atoms with van der Waals surface area (Å²) in [6.45, 7) is -0.879. The van der Waals surface area contributed by atoms with Crippen molar-refractivity contribution < 1.29 is 18.3 Å². The zero-order valence-electron chi connectivity index (χ0n) is 13.4. The maximum atomic E-state index is 12.5. The molecule has 0 fully saturated rings. The van der Waals surface area contributed by atoms with Crippen molar-refractivity contribution in [2.75, 3.05) is 12.4 Å². The number of aliphatic imine (C=N–C) groups is 1. The number of aryl methyl sites for hydroxylation is 1. The van der Waals surface area contributed by atoms with Gasteiger partial charge in [-0.1, -0.05) is 12.1 Å². The first-order valence-corrected chi connectivity index (χ1v) is 7.23. The number of nitrogens with two attached hydrogens (primary N) is 1. The van der Waals surface area contributed by atoms with Gasteiger partial charge in [-0.15, -0.1) is 0 Å². The molecule has 128 valence electrons. The molecular formula is C17H19F2N3O2. The fourth-order valence-electron chi connectivity index (χ4n) is 2.10. The van der Waals surface area contributed by atoms with Crippen LogP contribution in [0.1, 0.15) is 11.1 Å². The van der Waals surface area contributed by atoms with E-state index in [1.165, 1.54) is 13.2 Å². The predicted octanol–water partition coefficient (Wildman–Crippen LogP) is 3.53. The van der Waals surface area contributed by atoms with Crippen LogP contribution in [0.5, 0.6) is 11.5 Å². The highest BCUT2D eigenvalue weighted by Gasteiger charge is 2.11. The van der Waals surface area contributed by atoms with Gasteiger partial charge in [-0.25, -0.2) is 4.99 Å². The number of hydrogen-bond acceptors (Lipinski definition) is 3. The molecule has 0 radical (unpaired) electrons. The number of anilines is 1. The van der Waals surface area contributed by atoms with Gasteiger partial charge in [0.2, 0.25) is 0 Å². The summed E-state index contributed by atoms with van der Waals surface area (Å²) in [4.78, 5) is 4.17. The fraction of sp³-hybridized carbons (Fsp3) is 0.235. The molecule has 0 heterocycles. The third-order valence-electron chi connectivity index (χ3n) is 3.19. The molecule has 0 aliphatic carbocycles. The third-order valence-corrected chi connectivity index (χ3v) is 3.19. The smallest absolute Gasteiger partial charge is 0.387 e. The van der Waals surface area contributed by atoms with E-state index in [0.29, 0.717) is 11.3 Å². The molecule has 2 aromatic carbocycles. The van der Waals surface area contributed by atoms with Gasteiger partial charge in [0.15, 0.2) is 5.96 Å². The normalized spacial score (nSPS) is 11.5. The molecule has 0 bridgehead atoms. The fourth-order valence-corrected chi connectivity index (χ4v) is 2.10. The Bertz CT molecular complexity index is 721. The van der Waals surface area contributed by atoms with Gasteiger partial charge < -0.3 is 20.5 Å². The van der Waals surface area contributed by atoms with Gasteiger partial charge in [0.1, 0.15) is 11.5 Å². The van der Waals surface area contributed by atoms with Gasteiger partial charge in [-0.05, 0) is 42.8 Å². The molecule has 0 aliphatic rings. The third kappa shape index (κ3) is 5.12. The molecular weight excluding hydrogens is 316 g/mol. The Morgan fingerprint density at radius 3 is 2.71 bits per heavy atom. The van der Waals surface area contributed by atoms with E-state index < -0.39 is 6.61 Å². The highest BCUT2D eigenvalue weighted by Crippen LogP contribution is 2.26. The molecule has 5 nitrogen and oxygen atoms in total. The van der Waals surface area contributed by atoms with Gasteiger partial charge in [-0.2, -0.15) is 8.78 Å². The molecule has 7 heteroatoms. The van der Waals surface area contributed by atoms with E-state index in [-0.39, 0.29) is 18.3 Å². The van der Waals surface area contributed by atoms with Gasteiger partial charge in [0, 0.05) is 11.3 Å². The average molecular weight is 335 g/mol. The second-order valence-corrected chi connectivity index (χ2v) is 5.05. The molecule has 3 N–H and O–H groups in total. The first kappa shape index (κ1) is 17.5. The second kappa shape index (κ2) is 8.14. The molecule has 0 atom stereocenters. The van der Waals surface area contributed by atoms with E-state index in [9.17, 15) is 8.78 Å². The van der Waals surface area contributed by atoms with Crippen LogP contribution in [0.3, 0.4) is 0 Å². The van der Waals surface area contributed by atoms with E-state index in [2.05, 4.69) is 15.0 Å². The first-order valence-electron chi connectivity index (χ1n) is 7.23. The Labute approximate surface area is 139 Å². The number of hydrogen-bond donors (Lipinski definition) is 2. The summed E-state index contributed by atoms with van der Waals surface area (Å²) in [7, 11) is 1.49. The van der Waals surface area contributed by atoms with E-state index in [1.54, 1.807) is 12.1 Å². The zero-order valence-corrected chi connectivity index (χ0v) is 13.4. The van der Waals surface area contributed by atoms with Crippen LogP contribution in [0, 0.1) is 6.92 Å². The maximum absolute atomic E-state index is 12.5. The maximum Gasteiger partial charge on any atom is 0.387 e. The van der Waals surface area contributed by atoms with E-state index >= 15 is 0 Å². The minimum absolute atomic E-state index is 0.0397. The molecule has 24 heavy (non-hydrogen) atoms. The quantitative estimate of drug-likeness (QED) is 0.626. The summed E-state index contributed by atoms with van der Waals surface area (Å²) in [6.07, 6.45) is 0. The summed E-state index contributed by atoms with van der Waals surface area (Å²) in [5.74, 6) is 0.733. The van der Waals surface area contributed by atoms with Gasteiger partial charge in [0.25, 0.3) is 0 Å². The molecule has 0 amide bonds. The summed E-state index contributed by atoms with van der Waals surface area (Å²) >= 11 is 0. The van der Waals surface area contributed by atoms with Crippen LogP contribution >= 0.6 is 0 Å². The lowest BCUT2D eigenvalue weighted by atomic mass is 10.2. The van der Waals surface area contributed by atoms with E-state index in [1.807, 2.05) is 31.2 Å². The molecule has 2 aromatic rings. The van der Waals surface area contributed by atoms with Crippen LogP contribution in [0.2, 0.25) is 0 Å². The van der Waals surface area contributed by atoms with Crippen LogP contribution in [0.15, 0.2) is 47.5 Å². The average Bonchev–Trinajstić information content (AvgIpc) is 2.53. The predicted molar refractivity (Wildman–Crippen MR) is 89.8 cm³/mol. The van der Waals surface area contributed by atoms with E-state index in [4.69, 9.17) is 10.5 Å². The number of ether oxygens (including phenoxy) is 2. The lowest BCUT2D eigenvalue weighted by molar-refractivity contribution is -0.0504. The van der Waals surface area contributed by atoms with Crippen LogP contribution < -0.4 is 20.5 Å². The van der Waals surface area contributed by atoms with Crippen LogP contribution in [-0.4, -0.2) is 19.7 Å². The van der Waals surface area contributed by atoms with Crippen molar-refractivity contribution in [3.63, 3.8) is 0 Å². The number of methoxy groups -OCH3 is 1. The SMILES string of the molecule is COc1ccc(OC(F)F)c(CN=C(N)Nc2cccc(C)c2)c1. The number of nitrogens with zero attached hydrogens (tertiary/aromatic N) is 1. The lowest BCUT2D eigenvalue weighted by Crippen LogP contribution is -2.22. The monoisotopic (exact) mass is 335 g/mol. The van der Waals surface area contributed by atoms with Crippen molar-refractivity contribution in [2.24, 2.45) is 10.7 Å². The number of rotatable bonds is 6. The Hall–Kier alpha value is -2.83. The van der Waals surface area contributed by atoms with Crippen LogP contribution in [-0.2, 0) is 6.54 Å². The van der Waals surface area contributed by atoms with Gasteiger partial charge in [-0.3, -0.25) is 0 Å².